The van der Waals surface area contributed by atoms with E-state index in [0.717, 1.165) is 12.4 Å². The third-order valence-corrected chi connectivity index (χ3v) is 4.49. The van der Waals surface area contributed by atoms with Gasteiger partial charge in [0.25, 0.3) is 5.91 Å². The van der Waals surface area contributed by atoms with Crippen molar-refractivity contribution in [3.05, 3.63) is 65.2 Å². The Hall–Kier alpha value is -2.82. The van der Waals surface area contributed by atoms with E-state index in [9.17, 15) is 4.79 Å². The van der Waals surface area contributed by atoms with Crippen LogP contribution >= 0.6 is 0 Å². The first-order valence-electron chi connectivity index (χ1n) is 8.78. The lowest BCUT2D eigenvalue weighted by atomic mass is 9.93. The number of nitrogens with one attached hydrogen (secondary N) is 2. The van der Waals surface area contributed by atoms with Gasteiger partial charge in [-0.1, -0.05) is 50.2 Å². The maximum atomic E-state index is 12.5. The van der Waals surface area contributed by atoms with Gasteiger partial charge in [0.2, 0.25) is 0 Å². The Kier molecular flexibility index (Phi) is 5.26. The van der Waals surface area contributed by atoms with E-state index in [-0.39, 0.29) is 11.3 Å². The van der Waals surface area contributed by atoms with E-state index in [1.807, 2.05) is 24.3 Å². The number of amidine groups is 1. The van der Waals surface area contributed by atoms with Crippen LogP contribution in [0.15, 0.2) is 53.5 Å². The number of fused-ring (bicyclic) bond motifs is 1. The number of nitrogens with zero attached hydrogens (tertiary/aromatic N) is 1. The molecule has 0 unspecified atom stereocenters. The summed E-state index contributed by atoms with van der Waals surface area (Å²) in [6, 6.07) is 15.5. The molecule has 2 N–H and O–H groups in total. The summed E-state index contributed by atoms with van der Waals surface area (Å²) in [7, 11) is 1.57. The molecule has 1 heterocycles. The van der Waals surface area contributed by atoms with Crippen molar-refractivity contribution in [3.8, 4) is 5.75 Å². The lowest BCUT2D eigenvalue weighted by Crippen LogP contribution is -2.42. The van der Waals surface area contributed by atoms with Crippen molar-refractivity contribution in [2.75, 3.05) is 20.2 Å². The average molecular weight is 351 g/mol. The van der Waals surface area contributed by atoms with Crippen molar-refractivity contribution in [2.24, 2.45) is 10.4 Å². The van der Waals surface area contributed by atoms with Gasteiger partial charge in [-0.25, -0.2) is 0 Å². The van der Waals surface area contributed by atoms with Gasteiger partial charge in [0, 0.05) is 18.7 Å². The molecule has 0 spiro atoms. The minimum Gasteiger partial charge on any atom is -0.496 e. The lowest BCUT2D eigenvalue weighted by molar-refractivity contribution is 0.0934. The minimum absolute atomic E-state index is 0.126. The average Bonchev–Trinajstić information content (AvgIpc) is 3.08. The Balaban J connectivity index is 1.55. The number of carbonyl (C=O) groups excluding carboxylic acids is 1. The molecule has 0 saturated carbocycles. The molecule has 2 aromatic carbocycles. The third-order valence-electron chi connectivity index (χ3n) is 4.49. The smallest absolute Gasteiger partial charge is 0.255 e. The second-order valence-electron chi connectivity index (χ2n) is 7.22. The van der Waals surface area contributed by atoms with Crippen LogP contribution in [-0.2, 0) is 6.54 Å². The summed E-state index contributed by atoms with van der Waals surface area (Å²) in [6.45, 7) is 6.22. The Morgan fingerprint density at radius 1 is 1.12 bits per heavy atom. The van der Waals surface area contributed by atoms with E-state index in [4.69, 9.17) is 4.74 Å². The van der Waals surface area contributed by atoms with Gasteiger partial charge in [0.1, 0.15) is 11.6 Å². The Bertz CT molecular complexity index is 828. The second-order valence-corrected chi connectivity index (χ2v) is 7.22. The van der Waals surface area contributed by atoms with Gasteiger partial charge < -0.3 is 15.4 Å². The summed E-state index contributed by atoms with van der Waals surface area (Å²) in [6.07, 6.45) is 0. The second kappa shape index (κ2) is 7.60. The zero-order valence-electron chi connectivity index (χ0n) is 15.5. The number of amides is 1. The van der Waals surface area contributed by atoms with Gasteiger partial charge in [0.05, 0.1) is 19.2 Å². The molecule has 0 radical (unpaired) electrons. The van der Waals surface area contributed by atoms with Crippen LogP contribution in [0.25, 0.3) is 0 Å². The molecule has 0 fully saturated rings. The van der Waals surface area contributed by atoms with Gasteiger partial charge in [0.15, 0.2) is 0 Å². The lowest BCUT2D eigenvalue weighted by Gasteiger charge is -2.26. The molecule has 5 heteroatoms. The molecule has 136 valence electrons. The molecular formula is C21H25N3O2. The number of hydrogen-bond donors (Lipinski definition) is 2. The molecule has 0 saturated heterocycles. The fourth-order valence-corrected chi connectivity index (χ4v) is 2.92. The molecule has 1 amide bonds. The van der Waals surface area contributed by atoms with E-state index >= 15 is 0 Å². The van der Waals surface area contributed by atoms with Gasteiger partial charge in [-0.2, -0.15) is 0 Å². The monoisotopic (exact) mass is 351 g/mol. The fraction of sp³-hybridized carbons (Fsp3) is 0.333. The highest BCUT2D eigenvalue weighted by molar-refractivity contribution is 6.02. The van der Waals surface area contributed by atoms with E-state index < -0.39 is 0 Å². The number of para-hydroxylation sites is 1. The van der Waals surface area contributed by atoms with E-state index in [2.05, 4.69) is 41.6 Å². The van der Waals surface area contributed by atoms with Crippen LogP contribution in [0.2, 0.25) is 0 Å². The summed E-state index contributed by atoms with van der Waals surface area (Å²) in [4.78, 5) is 17.0. The third kappa shape index (κ3) is 4.04. The van der Waals surface area contributed by atoms with Crippen LogP contribution in [0, 0.1) is 5.41 Å². The molecule has 0 aromatic heterocycles. The van der Waals surface area contributed by atoms with Crippen LogP contribution in [0.1, 0.15) is 35.3 Å². The molecule has 5 nitrogen and oxygen atoms in total. The SMILES string of the molecule is COc1ccccc1C(=O)NCC(C)(C)CNC1=NCc2ccccc21. The predicted octanol–water partition coefficient (Wildman–Crippen LogP) is 3.00. The van der Waals surface area contributed by atoms with Crippen molar-refractivity contribution < 1.29 is 9.53 Å². The number of hydrogen-bond acceptors (Lipinski definition) is 4. The number of rotatable bonds is 6. The van der Waals surface area contributed by atoms with Crippen LogP contribution in [-0.4, -0.2) is 31.9 Å². The van der Waals surface area contributed by atoms with Gasteiger partial charge in [-0.05, 0) is 23.1 Å². The number of aliphatic imine (C=N–C) groups is 1. The summed E-state index contributed by atoms with van der Waals surface area (Å²) >= 11 is 0. The zero-order chi connectivity index (χ0) is 18.6. The molecule has 0 aliphatic carbocycles. The zero-order valence-corrected chi connectivity index (χ0v) is 15.5. The quantitative estimate of drug-likeness (QED) is 0.841. The Labute approximate surface area is 154 Å². The first-order valence-corrected chi connectivity index (χ1v) is 8.78. The van der Waals surface area contributed by atoms with Gasteiger partial charge in [-0.3, -0.25) is 9.79 Å². The van der Waals surface area contributed by atoms with E-state index in [1.54, 1.807) is 19.2 Å². The van der Waals surface area contributed by atoms with Crippen molar-refractivity contribution >= 4 is 11.7 Å². The Morgan fingerprint density at radius 3 is 2.65 bits per heavy atom. The van der Waals surface area contributed by atoms with Gasteiger partial charge >= 0.3 is 0 Å². The number of benzene rings is 2. The highest BCUT2D eigenvalue weighted by Gasteiger charge is 2.23. The van der Waals surface area contributed by atoms with Crippen LogP contribution in [0.4, 0.5) is 0 Å². The topological polar surface area (TPSA) is 62.7 Å². The van der Waals surface area contributed by atoms with E-state index in [0.29, 0.717) is 24.4 Å². The van der Waals surface area contributed by atoms with Crippen molar-refractivity contribution in [1.82, 2.24) is 10.6 Å². The number of carbonyl (C=O) groups is 1. The summed E-state index contributed by atoms with van der Waals surface area (Å²) in [5.74, 6) is 1.39. The first kappa shape index (κ1) is 18.0. The number of ether oxygens (including phenoxy) is 1. The largest absolute Gasteiger partial charge is 0.496 e. The Morgan fingerprint density at radius 2 is 1.85 bits per heavy atom. The first-order chi connectivity index (χ1) is 12.5. The predicted molar refractivity (Wildman–Crippen MR) is 104 cm³/mol. The van der Waals surface area contributed by atoms with Crippen molar-refractivity contribution in [2.45, 2.75) is 20.4 Å². The normalized spacial score (nSPS) is 13.0. The van der Waals surface area contributed by atoms with Gasteiger partial charge in [-0.15, -0.1) is 0 Å². The molecule has 1 aliphatic heterocycles. The summed E-state index contributed by atoms with van der Waals surface area (Å²) < 4.78 is 5.26. The summed E-state index contributed by atoms with van der Waals surface area (Å²) in [5.41, 5.74) is 2.84. The maximum Gasteiger partial charge on any atom is 0.255 e. The molecule has 3 rings (SSSR count). The molecule has 2 aromatic rings. The van der Waals surface area contributed by atoms with Crippen LogP contribution < -0.4 is 15.4 Å². The molecular weight excluding hydrogens is 326 g/mol. The van der Waals surface area contributed by atoms with Crippen LogP contribution in [0.3, 0.4) is 0 Å². The standard InChI is InChI=1S/C21H25N3O2/c1-21(2,13-23-19-16-9-5-4-8-15(16)12-22-19)14-24-20(25)17-10-6-7-11-18(17)26-3/h4-11H,12-14H2,1-3H3,(H,22,23)(H,24,25). The fourth-order valence-electron chi connectivity index (χ4n) is 2.92. The van der Waals surface area contributed by atoms with Crippen molar-refractivity contribution in [3.63, 3.8) is 0 Å². The van der Waals surface area contributed by atoms with Crippen LogP contribution in [0.5, 0.6) is 5.75 Å². The molecule has 0 bridgehead atoms. The van der Waals surface area contributed by atoms with E-state index in [1.165, 1.54) is 11.1 Å². The minimum atomic E-state index is -0.127. The molecule has 0 atom stereocenters. The van der Waals surface area contributed by atoms with Crippen molar-refractivity contribution in [1.29, 1.82) is 0 Å². The molecule has 1 aliphatic rings. The molecule has 26 heavy (non-hydrogen) atoms. The highest BCUT2D eigenvalue weighted by atomic mass is 16.5. The summed E-state index contributed by atoms with van der Waals surface area (Å²) in [5, 5.41) is 6.45. The highest BCUT2D eigenvalue weighted by Crippen LogP contribution is 2.20. The maximum absolute atomic E-state index is 12.5. The number of methoxy groups -OCH3 is 1.